The predicted octanol–water partition coefficient (Wildman–Crippen LogP) is 14.2. The van der Waals surface area contributed by atoms with Crippen LogP contribution < -0.4 is 0 Å². The highest BCUT2D eigenvalue weighted by atomic mass is 16.3. The second kappa shape index (κ2) is 12.6. The number of furan rings is 1. The van der Waals surface area contributed by atoms with Crippen LogP contribution >= 0.6 is 0 Å². The van der Waals surface area contributed by atoms with E-state index in [1.54, 1.807) is 0 Å². The van der Waals surface area contributed by atoms with E-state index in [9.17, 15) is 0 Å². The Morgan fingerprint density at radius 2 is 0.745 bits per heavy atom. The van der Waals surface area contributed by atoms with Crippen LogP contribution in [0.15, 0.2) is 199 Å². The zero-order chi connectivity index (χ0) is 36.3. The topological polar surface area (TPSA) is 38.9 Å². The summed E-state index contributed by atoms with van der Waals surface area (Å²) in [5, 5.41) is 8.54. The molecular weight excluding hydrogens is 669 g/mol. The Bertz CT molecular complexity index is 3200. The van der Waals surface area contributed by atoms with Crippen LogP contribution in [0.25, 0.3) is 110 Å². The van der Waals surface area contributed by atoms with Gasteiger partial charge < -0.3 is 4.42 Å². The molecule has 0 spiro atoms. The van der Waals surface area contributed by atoms with E-state index in [0.29, 0.717) is 11.4 Å². The molecule has 11 aromatic rings. The summed E-state index contributed by atoms with van der Waals surface area (Å²) >= 11 is 0. The molecule has 55 heavy (non-hydrogen) atoms. The van der Waals surface area contributed by atoms with Crippen molar-refractivity contribution in [2.24, 2.45) is 0 Å². The van der Waals surface area contributed by atoms with Gasteiger partial charge in [-0.3, -0.25) is 0 Å². The van der Waals surface area contributed by atoms with Gasteiger partial charge in [0, 0.05) is 16.5 Å². The van der Waals surface area contributed by atoms with Crippen molar-refractivity contribution in [2.45, 2.75) is 0 Å². The van der Waals surface area contributed by atoms with Gasteiger partial charge in [-0.1, -0.05) is 170 Å². The van der Waals surface area contributed by atoms with Gasteiger partial charge in [-0.15, -0.1) is 0 Å². The van der Waals surface area contributed by atoms with Crippen molar-refractivity contribution in [3.8, 4) is 56.0 Å². The molecule has 0 radical (unpaired) electrons. The molecule has 0 amide bonds. The molecule has 0 saturated carbocycles. The van der Waals surface area contributed by atoms with Crippen LogP contribution in [-0.4, -0.2) is 9.97 Å². The number of benzene rings is 9. The molecule has 0 bridgehead atoms. The quantitative estimate of drug-likeness (QED) is 0.168. The number of hydrogen-bond donors (Lipinski definition) is 0. The minimum atomic E-state index is 0.657. The van der Waals surface area contributed by atoms with E-state index >= 15 is 0 Å². The molecule has 3 nitrogen and oxygen atoms in total. The zero-order valence-corrected chi connectivity index (χ0v) is 29.8. The molecule has 3 heteroatoms. The van der Waals surface area contributed by atoms with Gasteiger partial charge in [0.1, 0.15) is 16.8 Å². The van der Waals surface area contributed by atoms with Crippen molar-refractivity contribution in [1.82, 2.24) is 9.97 Å². The van der Waals surface area contributed by atoms with Gasteiger partial charge in [-0.25, -0.2) is 9.97 Å². The molecular formula is C52H32N2O. The maximum Gasteiger partial charge on any atom is 0.180 e. The fourth-order valence-electron chi connectivity index (χ4n) is 8.15. The number of aromatic nitrogens is 2. The van der Waals surface area contributed by atoms with Crippen LogP contribution in [0.2, 0.25) is 0 Å². The molecule has 2 heterocycles. The first-order valence-corrected chi connectivity index (χ1v) is 18.6. The van der Waals surface area contributed by atoms with E-state index in [1.807, 2.05) is 12.1 Å². The Kier molecular flexibility index (Phi) is 7.17. The summed E-state index contributed by atoms with van der Waals surface area (Å²) in [6.07, 6.45) is 0. The monoisotopic (exact) mass is 700 g/mol. The average Bonchev–Trinajstić information content (AvgIpc) is 3.65. The number of hydrogen-bond acceptors (Lipinski definition) is 3. The van der Waals surface area contributed by atoms with Gasteiger partial charge >= 0.3 is 0 Å². The van der Waals surface area contributed by atoms with Crippen LogP contribution in [0, 0.1) is 0 Å². The largest absolute Gasteiger partial charge is 0.452 e. The predicted molar refractivity (Wildman–Crippen MR) is 229 cm³/mol. The molecule has 0 N–H and O–H groups in total. The molecule has 0 unspecified atom stereocenters. The lowest BCUT2D eigenvalue weighted by atomic mass is 9.91. The summed E-state index contributed by atoms with van der Waals surface area (Å²) in [4.78, 5) is 10.5. The Labute approximate surface area is 317 Å². The Morgan fingerprint density at radius 3 is 1.44 bits per heavy atom. The smallest absolute Gasteiger partial charge is 0.180 e. The fourth-order valence-corrected chi connectivity index (χ4v) is 8.15. The molecule has 0 fully saturated rings. The van der Waals surface area contributed by atoms with E-state index in [2.05, 4.69) is 182 Å². The number of rotatable bonds is 5. The van der Waals surface area contributed by atoms with Crippen LogP contribution in [-0.2, 0) is 0 Å². The highest BCUT2D eigenvalue weighted by molar-refractivity contribution is 6.25. The SMILES string of the molecule is c1ccc(-c2ccc(-c3nc(-c4cccc(-c5ccc6c7ccccc7c7ccccc7c6c5)c4)c4oc5ccc(-c6ccccc6)cc5c4n3)cc2)cc1. The molecule has 0 atom stereocenters. The summed E-state index contributed by atoms with van der Waals surface area (Å²) < 4.78 is 6.66. The summed E-state index contributed by atoms with van der Waals surface area (Å²) in [6, 6.07) is 68.7. The summed E-state index contributed by atoms with van der Waals surface area (Å²) in [6.45, 7) is 0. The van der Waals surface area contributed by atoms with Crippen LogP contribution in [0.4, 0.5) is 0 Å². The lowest BCUT2D eigenvalue weighted by Gasteiger charge is -2.13. The summed E-state index contributed by atoms with van der Waals surface area (Å²) in [7, 11) is 0. The molecule has 0 aliphatic carbocycles. The fraction of sp³-hybridized carbons (Fsp3) is 0. The van der Waals surface area contributed by atoms with Crippen LogP contribution in [0.5, 0.6) is 0 Å². The molecule has 0 saturated heterocycles. The molecule has 256 valence electrons. The maximum absolute atomic E-state index is 6.66. The molecule has 2 aromatic heterocycles. The minimum absolute atomic E-state index is 0.657. The Morgan fingerprint density at radius 1 is 0.291 bits per heavy atom. The van der Waals surface area contributed by atoms with Crippen LogP contribution in [0.3, 0.4) is 0 Å². The first-order chi connectivity index (χ1) is 27.2. The number of fused-ring (bicyclic) bond motifs is 9. The lowest BCUT2D eigenvalue weighted by molar-refractivity contribution is 0.667. The van der Waals surface area contributed by atoms with Gasteiger partial charge in [-0.05, 0) is 90.0 Å². The van der Waals surface area contributed by atoms with Crippen molar-refractivity contribution < 1.29 is 4.42 Å². The van der Waals surface area contributed by atoms with Gasteiger partial charge in [0.05, 0.1) is 0 Å². The maximum atomic E-state index is 6.66. The second-order valence-corrected chi connectivity index (χ2v) is 14.1. The lowest BCUT2D eigenvalue weighted by Crippen LogP contribution is -1.94. The molecule has 0 aliphatic rings. The van der Waals surface area contributed by atoms with E-state index in [1.165, 1.54) is 37.9 Å². The Balaban J connectivity index is 1.10. The molecule has 9 aromatic carbocycles. The summed E-state index contributed by atoms with van der Waals surface area (Å²) in [5.74, 6) is 0.657. The van der Waals surface area contributed by atoms with Gasteiger partial charge in [-0.2, -0.15) is 0 Å². The van der Waals surface area contributed by atoms with Crippen molar-refractivity contribution in [2.75, 3.05) is 0 Å². The van der Waals surface area contributed by atoms with E-state index in [4.69, 9.17) is 14.4 Å². The molecule has 0 aliphatic heterocycles. The van der Waals surface area contributed by atoms with Gasteiger partial charge in [0.2, 0.25) is 0 Å². The normalized spacial score (nSPS) is 11.6. The van der Waals surface area contributed by atoms with Gasteiger partial charge in [0.25, 0.3) is 0 Å². The van der Waals surface area contributed by atoms with E-state index in [0.717, 1.165) is 61.1 Å². The number of nitrogens with zero attached hydrogens (tertiary/aromatic N) is 2. The van der Waals surface area contributed by atoms with Crippen LogP contribution in [0.1, 0.15) is 0 Å². The summed E-state index contributed by atoms with van der Waals surface area (Å²) in [5.41, 5.74) is 11.8. The Hall–Kier alpha value is -7.36. The van der Waals surface area contributed by atoms with Crippen molar-refractivity contribution >= 4 is 54.4 Å². The van der Waals surface area contributed by atoms with Crippen molar-refractivity contribution in [3.63, 3.8) is 0 Å². The standard InChI is InChI=1S/C52H32N2O/c1-3-12-33(13-4-1)35-22-24-36(25-23-35)52-53-49(51-50(54-52)47-32-38(27-29-48(47)55-51)34-14-5-2-6-15-34)40-17-11-16-37(30-40)39-26-28-45-43-20-8-7-18-41(43)42-19-9-10-21-44(42)46(45)31-39/h1-32H. The zero-order valence-electron chi connectivity index (χ0n) is 29.8. The third-order valence-electron chi connectivity index (χ3n) is 10.9. The third-order valence-corrected chi connectivity index (χ3v) is 10.9. The van der Waals surface area contributed by atoms with Gasteiger partial charge in [0.15, 0.2) is 11.4 Å². The average molecular weight is 701 g/mol. The van der Waals surface area contributed by atoms with E-state index in [-0.39, 0.29) is 0 Å². The second-order valence-electron chi connectivity index (χ2n) is 14.1. The third kappa shape index (κ3) is 5.28. The van der Waals surface area contributed by atoms with E-state index < -0.39 is 0 Å². The van der Waals surface area contributed by atoms with Crippen molar-refractivity contribution in [1.29, 1.82) is 0 Å². The first kappa shape index (κ1) is 31.2. The first-order valence-electron chi connectivity index (χ1n) is 18.6. The highest BCUT2D eigenvalue weighted by Gasteiger charge is 2.20. The minimum Gasteiger partial charge on any atom is -0.452 e. The molecule has 11 rings (SSSR count). The van der Waals surface area contributed by atoms with Crippen molar-refractivity contribution in [3.05, 3.63) is 194 Å². The highest BCUT2D eigenvalue weighted by Crippen LogP contribution is 2.40.